The van der Waals surface area contributed by atoms with E-state index in [2.05, 4.69) is 5.32 Å². The van der Waals surface area contributed by atoms with Crippen molar-refractivity contribution in [2.75, 3.05) is 19.5 Å². The molecule has 5 nitrogen and oxygen atoms in total. The van der Waals surface area contributed by atoms with Crippen LogP contribution in [0.1, 0.15) is 10.4 Å². The fourth-order valence-electron chi connectivity index (χ4n) is 2.52. The summed E-state index contributed by atoms with van der Waals surface area (Å²) in [6.07, 6.45) is 3.90. The predicted octanol–water partition coefficient (Wildman–Crippen LogP) is 3.75. The predicted molar refractivity (Wildman–Crippen MR) is 93.3 cm³/mol. The van der Waals surface area contributed by atoms with Crippen molar-refractivity contribution in [3.8, 4) is 17.2 Å². The average Bonchev–Trinajstić information content (AvgIpc) is 3.15. The van der Waals surface area contributed by atoms with Crippen LogP contribution in [-0.2, 0) is 0 Å². The van der Waals surface area contributed by atoms with Crippen LogP contribution in [0.3, 0.4) is 0 Å². The molecule has 0 aliphatic rings. The van der Waals surface area contributed by atoms with Gasteiger partial charge in [-0.2, -0.15) is 0 Å². The normalized spacial score (nSPS) is 10.2. The minimum Gasteiger partial charge on any atom is -0.496 e. The van der Waals surface area contributed by atoms with Crippen LogP contribution in [0.2, 0.25) is 0 Å². The van der Waals surface area contributed by atoms with Crippen LogP contribution in [0.5, 0.6) is 11.5 Å². The van der Waals surface area contributed by atoms with Crippen LogP contribution in [0.25, 0.3) is 5.69 Å². The Hall–Kier alpha value is -3.21. The van der Waals surface area contributed by atoms with E-state index < -0.39 is 0 Å². The number of carbonyl (C=O) groups is 1. The quantitative estimate of drug-likeness (QED) is 0.778. The number of rotatable bonds is 5. The van der Waals surface area contributed by atoms with Crippen molar-refractivity contribution in [3.63, 3.8) is 0 Å². The third-order valence-electron chi connectivity index (χ3n) is 3.66. The lowest BCUT2D eigenvalue weighted by molar-refractivity contribution is 0.102. The monoisotopic (exact) mass is 322 g/mol. The number of benzene rings is 2. The maximum absolute atomic E-state index is 12.7. The summed E-state index contributed by atoms with van der Waals surface area (Å²) in [7, 11) is 3.05. The summed E-state index contributed by atoms with van der Waals surface area (Å²) in [5.74, 6) is 0.649. The second kappa shape index (κ2) is 6.91. The Morgan fingerprint density at radius 1 is 0.917 bits per heavy atom. The fourth-order valence-corrected chi connectivity index (χ4v) is 2.52. The summed E-state index contributed by atoms with van der Waals surface area (Å²) in [5.41, 5.74) is 2.03. The summed E-state index contributed by atoms with van der Waals surface area (Å²) in [5, 5.41) is 2.90. The van der Waals surface area contributed by atoms with Crippen LogP contribution in [0.15, 0.2) is 67.0 Å². The van der Waals surface area contributed by atoms with E-state index in [1.165, 1.54) is 14.2 Å². The van der Waals surface area contributed by atoms with Crippen molar-refractivity contribution in [1.82, 2.24) is 4.57 Å². The molecule has 0 radical (unpaired) electrons. The molecular weight excluding hydrogens is 304 g/mol. The molecule has 0 aliphatic carbocycles. The first kappa shape index (κ1) is 15.7. The molecular formula is C19H18N2O3. The number of hydrogen-bond acceptors (Lipinski definition) is 3. The first-order valence-corrected chi connectivity index (χ1v) is 7.48. The lowest BCUT2D eigenvalue weighted by Crippen LogP contribution is -2.14. The number of hydrogen-bond donors (Lipinski definition) is 1. The Kier molecular flexibility index (Phi) is 4.52. The van der Waals surface area contributed by atoms with Crippen LogP contribution >= 0.6 is 0 Å². The number of aromatic nitrogens is 1. The lowest BCUT2D eigenvalue weighted by Gasteiger charge is -2.13. The Balaban J connectivity index is 1.90. The zero-order valence-electron chi connectivity index (χ0n) is 13.5. The highest BCUT2D eigenvalue weighted by molar-refractivity contribution is 6.08. The number of anilines is 1. The molecule has 0 spiro atoms. The molecule has 0 saturated heterocycles. The van der Waals surface area contributed by atoms with Crippen molar-refractivity contribution in [2.24, 2.45) is 0 Å². The molecule has 1 aromatic heterocycles. The van der Waals surface area contributed by atoms with Crippen molar-refractivity contribution < 1.29 is 14.3 Å². The van der Waals surface area contributed by atoms with E-state index in [0.717, 1.165) is 5.69 Å². The topological polar surface area (TPSA) is 52.5 Å². The van der Waals surface area contributed by atoms with Crippen LogP contribution in [0.4, 0.5) is 5.69 Å². The number of nitrogens with zero attached hydrogens (tertiary/aromatic N) is 1. The minimum atomic E-state index is -0.283. The average molecular weight is 322 g/mol. The van der Waals surface area contributed by atoms with Gasteiger partial charge in [-0.1, -0.05) is 12.1 Å². The highest BCUT2D eigenvalue weighted by Crippen LogP contribution is 2.29. The summed E-state index contributed by atoms with van der Waals surface area (Å²) in [4.78, 5) is 12.7. The molecule has 0 bridgehead atoms. The summed E-state index contributed by atoms with van der Waals surface area (Å²) >= 11 is 0. The van der Waals surface area contributed by atoms with E-state index in [1.807, 2.05) is 53.4 Å². The van der Waals surface area contributed by atoms with E-state index in [9.17, 15) is 4.79 Å². The summed E-state index contributed by atoms with van der Waals surface area (Å²) < 4.78 is 12.5. The zero-order valence-corrected chi connectivity index (χ0v) is 13.5. The van der Waals surface area contributed by atoms with Crippen LogP contribution < -0.4 is 14.8 Å². The molecule has 0 atom stereocenters. The largest absolute Gasteiger partial charge is 0.496 e. The zero-order chi connectivity index (χ0) is 16.9. The first-order chi connectivity index (χ1) is 11.7. The van der Waals surface area contributed by atoms with E-state index in [4.69, 9.17) is 9.47 Å². The van der Waals surface area contributed by atoms with Gasteiger partial charge in [0.25, 0.3) is 5.91 Å². The molecule has 0 fully saturated rings. The number of methoxy groups -OCH3 is 2. The number of ether oxygens (including phenoxy) is 2. The molecule has 0 saturated carbocycles. The van der Waals surface area contributed by atoms with Crippen molar-refractivity contribution in [1.29, 1.82) is 0 Å². The van der Waals surface area contributed by atoms with E-state index >= 15 is 0 Å². The second-order valence-electron chi connectivity index (χ2n) is 5.13. The third kappa shape index (κ3) is 3.10. The van der Waals surface area contributed by atoms with Crippen LogP contribution in [-0.4, -0.2) is 24.7 Å². The molecule has 1 amide bonds. The maximum Gasteiger partial charge on any atom is 0.263 e. The van der Waals surface area contributed by atoms with Gasteiger partial charge in [0.05, 0.1) is 14.2 Å². The Bertz CT molecular complexity index is 819. The van der Waals surface area contributed by atoms with E-state index in [-0.39, 0.29) is 5.91 Å². The number of carbonyl (C=O) groups excluding carboxylic acids is 1. The Labute approximate surface area is 140 Å². The van der Waals surface area contributed by atoms with Gasteiger partial charge in [0.1, 0.15) is 17.1 Å². The standard InChI is InChI=1S/C19H18N2O3/c1-23-16-9-6-10-17(24-2)18(16)19(22)20-14-7-5-8-15(13-14)21-11-3-4-12-21/h3-13H,1-2H3,(H,20,22). The fraction of sp³-hybridized carbons (Fsp3) is 0.105. The molecule has 0 aliphatic heterocycles. The molecule has 1 heterocycles. The summed E-state index contributed by atoms with van der Waals surface area (Å²) in [6, 6.07) is 16.7. The SMILES string of the molecule is COc1cccc(OC)c1C(=O)Nc1cccc(-n2cccc2)c1. The number of nitrogens with one attached hydrogen (secondary N) is 1. The van der Waals surface area contributed by atoms with Crippen molar-refractivity contribution >= 4 is 11.6 Å². The van der Waals surface area contributed by atoms with Gasteiger partial charge < -0.3 is 19.4 Å². The highest BCUT2D eigenvalue weighted by Gasteiger charge is 2.18. The molecule has 3 aromatic rings. The van der Waals surface area contributed by atoms with Crippen molar-refractivity contribution in [3.05, 3.63) is 72.6 Å². The molecule has 2 aromatic carbocycles. The maximum atomic E-state index is 12.7. The first-order valence-electron chi connectivity index (χ1n) is 7.48. The van der Waals surface area contributed by atoms with Gasteiger partial charge in [-0.3, -0.25) is 4.79 Å². The molecule has 122 valence electrons. The van der Waals surface area contributed by atoms with Gasteiger partial charge in [0.2, 0.25) is 0 Å². The minimum absolute atomic E-state index is 0.283. The highest BCUT2D eigenvalue weighted by atomic mass is 16.5. The molecule has 5 heteroatoms. The Morgan fingerprint density at radius 3 is 2.17 bits per heavy atom. The van der Waals surface area contributed by atoms with Gasteiger partial charge in [-0.15, -0.1) is 0 Å². The van der Waals surface area contributed by atoms with Gasteiger partial charge in [-0.05, 0) is 42.5 Å². The van der Waals surface area contributed by atoms with E-state index in [1.54, 1.807) is 18.2 Å². The van der Waals surface area contributed by atoms with Gasteiger partial charge in [-0.25, -0.2) is 0 Å². The lowest BCUT2D eigenvalue weighted by atomic mass is 10.1. The van der Waals surface area contributed by atoms with Gasteiger partial charge >= 0.3 is 0 Å². The van der Waals surface area contributed by atoms with Gasteiger partial charge in [0.15, 0.2) is 0 Å². The third-order valence-corrected chi connectivity index (χ3v) is 3.66. The molecule has 3 rings (SSSR count). The smallest absolute Gasteiger partial charge is 0.263 e. The molecule has 1 N–H and O–H groups in total. The summed E-state index contributed by atoms with van der Waals surface area (Å²) in [6.45, 7) is 0. The second-order valence-corrected chi connectivity index (χ2v) is 5.13. The van der Waals surface area contributed by atoms with Crippen molar-refractivity contribution in [2.45, 2.75) is 0 Å². The molecule has 0 unspecified atom stereocenters. The Morgan fingerprint density at radius 2 is 1.54 bits per heavy atom. The van der Waals surface area contributed by atoms with E-state index in [0.29, 0.717) is 22.7 Å². The van der Waals surface area contributed by atoms with Crippen LogP contribution in [0, 0.1) is 0 Å². The van der Waals surface area contributed by atoms with Gasteiger partial charge in [0, 0.05) is 23.8 Å². The number of amides is 1. The molecule has 24 heavy (non-hydrogen) atoms.